The molecule has 0 bridgehead atoms. The van der Waals surface area contributed by atoms with Gasteiger partial charge in [0.15, 0.2) is 0 Å². The molecule has 0 saturated carbocycles. The van der Waals surface area contributed by atoms with E-state index in [0.717, 1.165) is 12.1 Å². The first-order valence-corrected chi connectivity index (χ1v) is 8.59. The van der Waals surface area contributed by atoms with Crippen molar-refractivity contribution in [3.8, 4) is 11.8 Å². The van der Waals surface area contributed by atoms with Crippen molar-refractivity contribution in [2.24, 2.45) is 5.73 Å². The van der Waals surface area contributed by atoms with Gasteiger partial charge in [0.05, 0.1) is 6.54 Å². The molecule has 4 heteroatoms. The predicted octanol–water partition coefficient (Wildman–Crippen LogP) is 2.78. The second-order valence-electron chi connectivity index (χ2n) is 5.40. The van der Waals surface area contributed by atoms with E-state index < -0.39 is 0 Å². The molecule has 1 aliphatic heterocycles. The molecule has 0 unspecified atom stereocenters. The van der Waals surface area contributed by atoms with Crippen LogP contribution >= 0.6 is 23.1 Å². The quantitative estimate of drug-likeness (QED) is 0.851. The Kier molecular flexibility index (Phi) is 5.35. The topological polar surface area (TPSA) is 29.3 Å². The van der Waals surface area contributed by atoms with Crippen LogP contribution in [0.5, 0.6) is 0 Å². The van der Waals surface area contributed by atoms with Gasteiger partial charge in [-0.05, 0) is 24.4 Å². The van der Waals surface area contributed by atoms with Gasteiger partial charge in [0.2, 0.25) is 0 Å². The molecule has 0 aliphatic carbocycles. The minimum absolute atomic E-state index is 0.423. The highest BCUT2D eigenvalue weighted by Crippen LogP contribution is 2.31. The van der Waals surface area contributed by atoms with Crippen molar-refractivity contribution in [1.82, 2.24) is 4.90 Å². The van der Waals surface area contributed by atoms with Gasteiger partial charge in [-0.3, -0.25) is 4.90 Å². The highest BCUT2D eigenvalue weighted by atomic mass is 32.2. The SMILES string of the molecule is CC1(C)CCN(Cc2sccc2C#CCN)CCS1. The van der Waals surface area contributed by atoms with Gasteiger partial charge in [-0.25, -0.2) is 0 Å². The highest BCUT2D eigenvalue weighted by molar-refractivity contribution is 8.00. The molecule has 0 spiro atoms. The summed E-state index contributed by atoms with van der Waals surface area (Å²) < 4.78 is 0.423. The Bertz CT molecular complexity index is 468. The molecule has 0 aromatic carbocycles. The molecule has 0 radical (unpaired) electrons. The molecular formula is C15H22N2S2. The Morgan fingerprint density at radius 1 is 1.42 bits per heavy atom. The van der Waals surface area contributed by atoms with E-state index in [0.29, 0.717) is 11.3 Å². The summed E-state index contributed by atoms with van der Waals surface area (Å²) in [6.45, 7) is 8.53. The van der Waals surface area contributed by atoms with Crippen molar-refractivity contribution in [2.75, 3.05) is 25.4 Å². The molecule has 2 N–H and O–H groups in total. The molecule has 1 saturated heterocycles. The molecule has 1 fully saturated rings. The molecule has 2 heterocycles. The maximum atomic E-state index is 5.45. The van der Waals surface area contributed by atoms with E-state index in [9.17, 15) is 0 Å². The average Bonchev–Trinajstić information content (AvgIpc) is 2.72. The zero-order chi connectivity index (χ0) is 13.7. The normalized spacial score (nSPS) is 19.5. The fourth-order valence-corrected chi connectivity index (χ4v) is 4.15. The Morgan fingerprint density at radius 3 is 3.05 bits per heavy atom. The van der Waals surface area contributed by atoms with Gasteiger partial charge >= 0.3 is 0 Å². The number of nitrogens with two attached hydrogens (primary N) is 1. The standard InChI is InChI=1S/C15H22N2S2/c1-15(2)6-8-17(9-11-19-15)12-14-13(4-3-7-16)5-10-18-14/h5,10H,6-9,11-12,16H2,1-2H3. The molecule has 0 amide bonds. The number of hydrogen-bond acceptors (Lipinski definition) is 4. The summed E-state index contributed by atoms with van der Waals surface area (Å²) in [7, 11) is 0. The summed E-state index contributed by atoms with van der Waals surface area (Å²) in [6.07, 6.45) is 1.26. The number of nitrogens with zero attached hydrogens (tertiary/aromatic N) is 1. The van der Waals surface area contributed by atoms with E-state index in [1.54, 1.807) is 0 Å². The second kappa shape index (κ2) is 6.81. The number of thiophene rings is 1. The van der Waals surface area contributed by atoms with Crippen LogP contribution in [-0.2, 0) is 6.54 Å². The number of thioether (sulfide) groups is 1. The third kappa shape index (κ3) is 4.54. The van der Waals surface area contributed by atoms with Crippen molar-refractivity contribution < 1.29 is 0 Å². The lowest BCUT2D eigenvalue weighted by atomic mass is 10.1. The van der Waals surface area contributed by atoms with Crippen LogP contribution in [0.4, 0.5) is 0 Å². The van der Waals surface area contributed by atoms with Crippen molar-refractivity contribution in [2.45, 2.75) is 31.6 Å². The van der Waals surface area contributed by atoms with Gasteiger partial charge in [0.1, 0.15) is 0 Å². The lowest BCUT2D eigenvalue weighted by Crippen LogP contribution is -2.26. The zero-order valence-corrected chi connectivity index (χ0v) is 13.4. The summed E-state index contributed by atoms with van der Waals surface area (Å²) in [6, 6.07) is 2.11. The molecule has 1 aromatic rings. The van der Waals surface area contributed by atoms with Crippen LogP contribution in [0.1, 0.15) is 30.7 Å². The fourth-order valence-electron chi connectivity index (χ4n) is 2.14. The molecule has 19 heavy (non-hydrogen) atoms. The Morgan fingerprint density at radius 2 is 2.26 bits per heavy atom. The van der Waals surface area contributed by atoms with Gasteiger partial charge in [-0.2, -0.15) is 11.8 Å². The van der Waals surface area contributed by atoms with E-state index in [-0.39, 0.29) is 0 Å². The Balaban J connectivity index is 1.99. The first-order chi connectivity index (χ1) is 9.11. The summed E-state index contributed by atoms with van der Waals surface area (Å²) in [4.78, 5) is 3.94. The first-order valence-electron chi connectivity index (χ1n) is 6.72. The lowest BCUT2D eigenvalue weighted by molar-refractivity contribution is 0.278. The van der Waals surface area contributed by atoms with E-state index in [4.69, 9.17) is 5.73 Å². The summed E-state index contributed by atoms with van der Waals surface area (Å²) in [5.74, 6) is 7.36. The van der Waals surface area contributed by atoms with Crippen LogP contribution in [0.3, 0.4) is 0 Å². The van der Waals surface area contributed by atoms with Crippen LogP contribution in [-0.4, -0.2) is 35.0 Å². The van der Waals surface area contributed by atoms with Crippen molar-refractivity contribution >= 4 is 23.1 Å². The van der Waals surface area contributed by atoms with Gasteiger partial charge in [0, 0.05) is 34.0 Å². The molecule has 2 rings (SSSR count). The van der Waals surface area contributed by atoms with Gasteiger partial charge in [-0.15, -0.1) is 11.3 Å². The fraction of sp³-hybridized carbons (Fsp3) is 0.600. The maximum absolute atomic E-state index is 5.45. The van der Waals surface area contributed by atoms with Crippen molar-refractivity contribution in [1.29, 1.82) is 0 Å². The van der Waals surface area contributed by atoms with Crippen LogP contribution in [0.2, 0.25) is 0 Å². The lowest BCUT2D eigenvalue weighted by Gasteiger charge is -2.22. The number of rotatable bonds is 2. The summed E-state index contributed by atoms with van der Waals surface area (Å²) >= 11 is 3.90. The van der Waals surface area contributed by atoms with E-state index in [1.165, 1.54) is 30.1 Å². The van der Waals surface area contributed by atoms with Gasteiger partial charge in [0.25, 0.3) is 0 Å². The smallest absolute Gasteiger partial charge is 0.0555 e. The van der Waals surface area contributed by atoms with E-state index in [1.807, 2.05) is 11.3 Å². The molecule has 1 aliphatic rings. The molecule has 2 nitrogen and oxygen atoms in total. The average molecular weight is 294 g/mol. The second-order valence-corrected chi connectivity index (χ2v) is 8.20. The predicted molar refractivity (Wildman–Crippen MR) is 86.7 cm³/mol. The van der Waals surface area contributed by atoms with Crippen LogP contribution in [0.25, 0.3) is 0 Å². The Hall–Kier alpha value is -0.470. The van der Waals surface area contributed by atoms with E-state index >= 15 is 0 Å². The molecular weight excluding hydrogens is 272 g/mol. The highest BCUT2D eigenvalue weighted by Gasteiger charge is 2.23. The molecule has 104 valence electrons. The minimum atomic E-state index is 0.423. The maximum Gasteiger partial charge on any atom is 0.0555 e. The first kappa shape index (κ1) is 14.9. The van der Waals surface area contributed by atoms with Crippen molar-refractivity contribution in [3.63, 3.8) is 0 Å². The van der Waals surface area contributed by atoms with Gasteiger partial charge < -0.3 is 5.73 Å². The number of hydrogen-bond donors (Lipinski definition) is 1. The Labute approximate surface area is 124 Å². The van der Waals surface area contributed by atoms with Crippen LogP contribution in [0, 0.1) is 11.8 Å². The summed E-state index contributed by atoms with van der Waals surface area (Å²) in [5, 5.41) is 2.13. The summed E-state index contributed by atoms with van der Waals surface area (Å²) in [5.41, 5.74) is 6.61. The van der Waals surface area contributed by atoms with Crippen LogP contribution < -0.4 is 5.73 Å². The van der Waals surface area contributed by atoms with Gasteiger partial charge in [-0.1, -0.05) is 25.7 Å². The third-order valence-electron chi connectivity index (χ3n) is 3.37. The zero-order valence-electron chi connectivity index (χ0n) is 11.7. The van der Waals surface area contributed by atoms with Crippen LogP contribution in [0.15, 0.2) is 11.4 Å². The monoisotopic (exact) mass is 294 g/mol. The van der Waals surface area contributed by atoms with Crippen molar-refractivity contribution in [3.05, 3.63) is 21.9 Å². The largest absolute Gasteiger partial charge is 0.320 e. The molecule has 1 aromatic heterocycles. The molecule has 0 atom stereocenters. The minimum Gasteiger partial charge on any atom is -0.320 e. The third-order valence-corrected chi connectivity index (χ3v) is 5.65. The van der Waals surface area contributed by atoms with E-state index in [2.05, 4.69) is 53.8 Å².